The Balaban J connectivity index is 1.47. The topological polar surface area (TPSA) is 49.8 Å². The van der Waals surface area contributed by atoms with Gasteiger partial charge in [0, 0.05) is 18.5 Å². The number of carbonyl (C=O) groups excluding carboxylic acids is 1. The van der Waals surface area contributed by atoms with Crippen molar-refractivity contribution in [1.82, 2.24) is 4.90 Å². The third kappa shape index (κ3) is 3.38. The Morgan fingerprint density at radius 1 is 1.00 bits per heavy atom. The molecule has 28 heavy (non-hydrogen) atoms. The van der Waals surface area contributed by atoms with Gasteiger partial charge in [0.2, 0.25) is 0 Å². The van der Waals surface area contributed by atoms with Gasteiger partial charge >= 0.3 is 6.09 Å². The molecule has 5 heteroatoms. The molecule has 4 nitrogen and oxygen atoms in total. The molecule has 0 aliphatic heterocycles. The molecule has 0 atom stereocenters. The number of carbonyl (C=O) groups is 1. The number of phenolic OH excluding ortho intramolecular Hbond substituents is 1. The Kier molecular flexibility index (Phi) is 5.09. The molecule has 0 radical (unpaired) electrons. The maximum Gasteiger partial charge on any atom is 0.409 e. The van der Waals surface area contributed by atoms with Gasteiger partial charge in [-0.2, -0.15) is 0 Å². The molecule has 0 heterocycles. The first-order chi connectivity index (χ1) is 13.6. The van der Waals surface area contributed by atoms with Crippen LogP contribution in [0.4, 0.5) is 4.79 Å². The maximum atomic E-state index is 12.5. The van der Waals surface area contributed by atoms with Crippen LogP contribution in [-0.2, 0) is 11.3 Å². The van der Waals surface area contributed by atoms with Crippen LogP contribution in [0.25, 0.3) is 11.1 Å². The minimum absolute atomic E-state index is 0.0315. The van der Waals surface area contributed by atoms with Gasteiger partial charge in [0.05, 0.1) is 11.0 Å². The molecule has 1 amide bonds. The number of ether oxygens (including phenoxy) is 1. The Morgan fingerprint density at radius 2 is 1.61 bits per heavy atom. The van der Waals surface area contributed by atoms with E-state index in [2.05, 4.69) is 40.2 Å². The molecule has 0 spiro atoms. The van der Waals surface area contributed by atoms with Crippen molar-refractivity contribution in [2.24, 2.45) is 0 Å². The van der Waals surface area contributed by atoms with Crippen LogP contribution in [0.5, 0.6) is 5.75 Å². The summed E-state index contributed by atoms with van der Waals surface area (Å²) in [5.41, 5.74) is 5.43. The van der Waals surface area contributed by atoms with Crippen molar-refractivity contribution in [3.05, 3.63) is 87.9 Å². The summed E-state index contributed by atoms with van der Waals surface area (Å²) >= 11 is 3.29. The lowest BCUT2D eigenvalue weighted by Gasteiger charge is -2.20. The van der Waals surface area contributed by atoms with Crippen molar-refractivity contribution < 1.29 is 14.6 Å². The van der Waals surface area contributed by atoms with Crippen molar-refractivity contribution in [3.63, 3.8) is 0 Å². The molecule has 142 valence electrons. The molecule has 0 unspecified atom stereocenters. The normalized spacial score (nSPS) is 12.4. The van der Waals surface area contributed by atoms with Gasteiger partial charge in [-0.15, -0.1) is 0 Å². The molecule has 0 fully saturated rings. The number of nitrogens with zero attached hydrogens (tertiary/aromatic N) is 1. The van der Waals surface area contributed by atoms with Crippen molar-refractivity contribution in [1.29, 1.82) is 0 Å². The van der Waals surface area contributed by atoms with Gasteiger partial charge in [0.15, 0.2) is 0 Å². The standard InChI is InChI=1S/C23H20BrNO3/c1-25(13-15-7-6-12-21(24)22(15)26)23(27)28-14-20-18-10-4-2-8-16(18)17-9-3-5-11-19(17)20/h2-12,20,26H,13-14H2,1H3. The van der Waals surface area contributed by atoms with Gasteiger partial charge in [-0.05, 0) is 44.3 Å². The molecule has 0 bridgehead atoms. The van der Waals surface area contributed by atoms with Gasteiger partial charge in [-0.25, -0.2) is 4.79 Å². The summed E-state index contributed by atoms with van der Waals surface area (Å²) in [4.78, 5) is 14.0. The number of phenols is 1. The molecule has 0 aromatic heterocycles. The SMILES string of the molecule is CN(Cc1cccc(Br)c1O)C(=O)OCC1c2ccccc2-c2ccccc21. The predicted octanol–water partition coefficient (Wildman–Crippen LogP) is 5.54. The summed E-state index contributed by atoms with van der Waals surface area (Å²) in [7, 11) is 1.67. The number of amides is 1. The van der Waals surface area contributed by atoms with Gasteiger partial charge in [-0.3, -0.25) is 0 Å². The Labute approximate surface area is 172 Å². The van der Waals surface area contributed by atoms with E-state index in [0.717, 1.165) is 0 Å². The second-order valence-corrected chi connectivity index (χ2v) is 7.76. The molecule has 0 saturated heterocycles. The van der Waals surface area contributed by atoms with E-state index < -0.39 is 6.09 Å². The average Bonchev–Trinajstić information content (AvgIpc) is 3.03. The van der Waals surface area contributed by atoms with Crippen LogP contribution in [0.3, 0.4) is 0 Å². The highest BCUT2D eigenvalue weighted by molar-refractivity contribution is 9.10. The van der Waals surface area contributed by atoms with Crippen molar-refractivity contribution in [3.8, 4) is 16.9 Å². The Morgan fingerprint density at radius 3 is 2.25 bits per heavy atom. The molecule has 4 rings (SSSR count). The highest BCUT2D eigenvalue weighted by Crippen LogP contribution is 2.44. The van der Waals surface area contributed by atoms with E-state index in [1.54, 1.807) is 19.2 Å². The lowest BCUT2D eigenvalue weighted by Crippen LogP contribution is -2.28. The van der Waals surface area contributed by atoms with Gasteiger partial charge in [0.25, 0.3) is 0 Å². The van der Waals surface area contributed by atoms with Crippen LogP contribution in [0.15, 0.2) is 71.2 Å². The van der Waals surface area contributed by atoms with Gasteiger partial charge < -0.3 is 14.7 Å². The summed E-state index contributed by atoms with van der Waals surface area (Å²) in [6, 6.07) is 21.9. The van der Waals surface area contributed by atoms with Crippen LogP contribution in [0.1, 0.15) is 22.6 Å². The molecule has 1 N–H and O–H groups in total. The number of hydrogen-bond acceptors (Lipinski definition) is 3. The predicted molar refractivity (Wildman–Crippen MR) is 112 cm³/mol. The molecular formula is C23H20BrNO3. The van der Waals surface area contributed by atoms with E-state index in [-0.39, 0.29) is 24.8 Å². The van der Waals surface area contributed by atoms with E-state index >= 15 is 0 Å². The van der Waals surface area contributed by atoms with Gasteiger partial charge in [0.1, 0.15) is 12.4 Å². The Bertz CT molecular complexity index is 988. The van der Waals surface area contributed by atoms with E-state index in [1.165, 1.54) is 27.2 Å². The van der Waals surface area contributed by atoms with E-state index in [4.69, 9.17) is 4.74 Å². The highest BCUT2D eigenvalue weighted by atomic mass is 79.9. The average molecular weight is 438 g/mol. The van der Waals surface area contributed by atoms with Crippen LogP contribution in [0.2, 0.25) is 0 Å². The zero-order valence-corrected chi connectivity index (χ0v) is 17.0. The van der Waals surface area contributed by atoms with Gasteiger partial charge in [-0.1, -0.05) is 60.7 Å². The van der Waals surface area contributed by atoms with E-state index in [9.17, 15) is 9.90 Å². The number of hydrogen-bond donors (Lipinski definition) is 1. The van der Waals surface area contributed by atoms with Crippen molar-refractivity contribution in [2.75, 3.05) is 13.7 Å². The second-order valence-electron chi connectivity index (χ2n) is 6.91. The lowest BCUT2D eigenvalue weighted by molar-refractivity contribution is 0.106. The first-order valence-electron chi connectivity index (χ1n) is 9.08. The summed E-state index contributed by atoms with van der Waals surface area (Å²) in [5, 5.41) is 10.1. The summed E-state index contributed by atoms with van der Waals surface area (Å²) < 4.78 is 6.24. The fourth-order valence-electron chi connectivity index (χ4n) is 3.71. The zero-order valence-electron chi connectivity index (χ0n) is 15.4. The van der Waals surface area contributed by atoms with Crippen LogP contribution >= 0.6 is 15.9 Å². The maximum absolute atomic E-state index is 12.5. The molecule has 3 aromatic rings. The number of halogens is 1. The molecule has 1 aliphatic rings. The van der Waals surface area contributed by atoms with Crippen molar-refractivity contribution in [2.45, 2.75) is 12.5 Å². The minimum atomic E-state index is -0.416. The van der Waals surface area contributed by atoms with E-state index in [1.807, 2.05) is 30.3 Å². The lowest BCUT2D eigenvalue weighted by atomic mass is 9.98. The first kappa shape index (κ1) is 18.6. The van der Waals surface area contributed by atoms with Crippen LogP contribution in [-0.4, -0.2) is 29.8 Å². The largest absolute Gasteiger partial charge is 0.506 e. The number of fused-ring (bicyclic) bond motifs is 3. The summed E-state index contributed by atoms with van der Waals surface area (Å²) in [6.07, 6.45) is -0.416. The monoisotopic (exact) mass is 437 g/mol. The number of benzene rings is 3. The molecule has 3 aromatic carbocycles. The van der Waals surface area contributed by atoms with Crippen LogP contribution in [0, 0.1) is 0 Å². The fourth-order valence-corrected chi connectivity index (χ4v) is 4.12. The summed E-state index contributed by atoms with van der Waals surface area (Å²) in [5.74, 6) is 0.171. The van der Waals surface area contributed by atoms with Crippen molar-refractivity contribution >= 4 is 22.0 Å². The molecule has 0 saturated carbocycles. The fraction of sp³-hybridized carbons (Fsp3) is 0.174. The third-order valence-corrected chi connectivity index (χ3v) is 5.77. The Hall–Kier alpha value is -2.79. The number of rotatable bonds is 4. The first-order valence-corrected chi connectivity index (χ1v) is 9.88. The quantitative estimate of drug-likeness (QED) is 0.582. The number of aromatic hydroxyl groups is 1. The summed E-state index contributed by atoms with van der Waals surface area (Å²) in [6.45, 7) is 0.545. The second kappa shape index (κ2) is 7.68. The zero-order chi connectivity index (χ0) is 19.7. The number of para-hydroxylation sites is 1. The molecule has 1 aliphatic carbocycles. The molecular weight excluding hydrogens is 418 g/mol. The third-order valence-electron chi connectivity index (χ3n) is 5.13. The smallest absolute Gasteiger partial charge is 0.409 e. The highest BCUT2D eigenvalue weighted by Gasteiger charge is 2.29. The van der Waals surface area contributed by atoms with E-state index in [0.29, 0.717) is 10.0 Å². The minimum Gasteiger partial charge on any atom is -0.506 e. The van der Waals surface area contributed by atoms with Crippen LogP contribution < -0.4 is 0 Å².